The van der Waals surface area contributed by atoms with Crippen LogP contribution in [0.1, 0.15) is 13.3 Å². The third-order valence-electron chi connectivity index (χ3n) is 2.27. The number of nitrogens with zero attached hydrogens (tertiary/aromatic N) is 1. The molecule has 1 heterocycles. The maximum Gasteiger partial charge on any atom is 0.271 e. The standard InChI is InChI=1S/C11H15N3O3/c1-7(12-9(3)15)10(16)13-8(2)11(17)14-5-4-6-14/h1-2,4-6H2,3H3,(H,12,15)(H,13,16). The first-order valence-electron chi connectivity index (χ1n) is 5.18. The Hall–Kier alpha value is -2.11. The minimum Gasteiger partial charge on any atom is -0.337 e. The zero-order chi connectivity index (χ0) is 13.0. The zero-order valence-electron chi connectivity index (χ0n) is 9.71. The highest BCUT2D eigenvalue weighted by molar-refractivity contribution is 6.03. The van der Waals surface area contributed by atoms with E-state index in [1.54, 1.807) is 4.90 Å². The SMILES string of the molecule is C=C(NC(C)=O)C(=O)NC(=C)C(=O)N1CCC1. The number of hydrogen-bond donors (Lipinski definition) is 2. The predicted molar refractivity (Wildman–Crippen MR) is 61.4 cm³/mol. The molecule has 0 spiro atoms. The van der Waals surface area contributed by atoms with Crippen LogP contribution in [-0.4, -0.2) is 35.7 Å². The number of carbonyl (C=O) groups excluding carboxylic acids is 3. The molecule has 6 heteroatoms. The quantitative estimate of drug-likeness (QED) is 0.647. The molecule has 0 bridgehead atoms. The zero-order valence-corrected chi connectivity index (χ0v) is 9.71. The van der Waals surface area contributed by atoms with Crippen molar-refractivity contribution in [3.8, 4) is 0 Å². The lowest BCUT2D eigenvalue weighted by Crippen LogP contribution is -2.46. The highest BCUT2D eigenvalue weighted by atomic mass is 16.2. The Bertz CT molecular complexity index is 397. The van der Waals surface area contributed by atoms with Crippen LogP contribution in [0.5, 0.6) is 0 Å². The molecule has 0 saturated carbocycles. The number of amides is 3. The molecule has 6 nitrogen and oxygen atoms in total. The molecule has 1 rings (SSSR count). The number of hydrogen-bond acceptors (Lipinski definition) is 3. The molecule has 92 valence electrons. The number of carbonyl (C=O) groups is 3. The van der Waals surface area contributed by atoms with E-state index in [2.05, 4.69) is 23.8 Å². The summed E-state index contributed by atoms with van der Waals surface area (Å²) in [5, 5.41) is 4.53. The fourth-order valence-corrected chi connectivity index (χ4v) is 1.25. The van der Waals surface area contributed by atoms with Gasteiger partial charge < -0.3 is 15.5 Å². The van der Waals surface area contributed by atoms with Gasteiger partial charge in [0.2, 0.25) is 5.91 Å². The van der Waals surface area contributed by atoms with E-state index in [4.69, 9.17) is 0 Å². The maximum atomic E-state index is 11.6. The molecular weight excluding hydrogens is 222 g/mol. The molecule has 1 aliphatic heterocycles. The molecule has 0 aromatic rings. The summed E-state index contributed by atoms with van der Waals surface area (Å²) in [4.78, 5) is 35.3. The Balaban J connectivity index is 2.44. The lowest BCUT2D eigenvalue weighted by Gasteiger charge is -2.31. The van der Waals surface area contributed by atoms with E-state index in [0.29, 0.717) is 13.1 Å². The Morgan fingerprint density at radius 3 is 2.06 bits per heavy atom. The van der Waals surface area contributed by atoms with Gasteiger partial charge in [-0.05, 0) is 6.42 Å². The van der Waals surface area contributed by atoms with Crippen LogP contribution in [0.2, 0.25) is 0 Å². The van der Waals surface area contributed by atoms with E-state index in [1.165, 1.54) is 6.92 Å². The molecule has 1 aliphatic rings. The van der Waals surface area contributed by atoms with Gasteiger partial charge in [0.05, 0.1) is 11.4 Å². The molecule has 0 radical (unpaired) electrons. The molecule has 0 aromatic carbocycles. The van der Waals surface area contributed by atoms with E-state index >= 15 is 0 Å². The lowest BCUT2D eigenvalue weighted by molar-refractivity contribution is -0.132. The Morgan fingerprint density at radius 2 is 1.65 bits per heavy atom. The molecule has 17 heavy (non-hydrogen) atoms. The third-order valence-corrected chi connectivity index (χ3v) is 2.27. The van der Waals surface area contributed by atoms with Gasteiger partial charge in [-0.2, -0.15) is 0 Å². The molecule has 2 N–H and O–H groups in total. The van der Waals surface area contributed by atoms with Gasteiger partial charge in [-0.25, -0.2) is 0 Å². The van der Waals surface area contributed by atoms with Crippen molar-refractivity contribution in [2.75, 3.05) is 13.1 Å². The minimum absolute atomic E-state index is 0.0128. The highest BCUT2D eigenvalue weighted by Crippen LogP contribution is 2.08. The molecule has 0 aromatic heterocycles. The summed E-state index contributed by atoms with van der Waals surface area (Å²) in [5.74, 6) is -1.34. The van der Waals surface area contributed by atoms with E-state index < -0.39 is 11.8 Å². The van der Waals surface area contributed by atoms with Gasteiger partial charge in [-0.15, -0.1) is 0 Å². The number of rotatable bonds is 4. The van der Waals surface area contributed by atoms with E-state index in [9.17, 15) is 14.4 Å². The van der Waals surface area contributed by atoms with Crippen molar-refractivity contribution >= 4 is 17.7 Å². The van der Waals surface area contributed by atoms with Crippen LogP contribution in [0.4, 0.5) is 0 Å². The topological polar surface area (TPSA) is 78.5 Å². The first kappa shape index (κ1) is 13.0. The average molecular weight is 237 g/mol. The van der Waals surface area contributed by atoms with Crippen molar-refractivity contribution in [3.63, 3.8) is 0 Å². The normalized spacial score (nSPS) is 13.4. The number of likely N-dealkylation sites (tertiary alicyclic amines) is 1. The van der Waals surface area contributed by atoms with Gasteiger partial charge in [0, 0.05) is 20.0 Å². The van der Waals surface area contributed by atoms with Crippen molar-refractivity contribution in [2.24, 2.45) is 0 Å². The molecule has 1 fully saturated rings. The summed E-state index contributed by atoms with van der Waals surface area (Å²) in [6.07, 6.45) is 0.964. The van der Waals surface area contributed by atoms with Crippen molar-refractivity contribution in [3.05, 3.63) is 24.6 Å². The van der Waals surface area contributed by atoms with Gasteiger partial charge in [-0.1, -0.05) is 13.2 Å². The summed E-state index contributed by atoms with van der Waals surface area (Å²) in [6.45, 7) is 9.48. The van der Waals surface area contributed by atoms with Crippen molar-refractivity contribution < 1.29 is 14.4 Å². The van der Waals surface area contributed by atoms with Crippen LogP contribution in [0.15, 0.2) is 24.6 Å². The average Bonchev–Trinajstić information content (AvgIpc) is 2.13. The molecule has 0 atom stereocenters. The molecule has 0 aliphatic carbocycles. The molecule has 3 amide bonds. The van der Waals surface area contributed by atoms with E-state index in [-0.39, 0.29) is 17.3 Å². The minimum atomic E-state index is -0.640. The van der Waals surface area contributed by atoms with Gasteiger partial charge in [0.15, 0.2) is 0 Å². The lowest BCUT2D eigenvalue weighted by atomic mass is 10.2. The monoisotopic (exact) mass is 237 g/mol. The van der Waals surface area contributed by atoms with Crippen LogP contribution >= 0.6 is 0 Å². The summed E-state index contributed by atoms with van der Waals surface area (Å²) in [5.41, 5.74) is -0.128. The van der Waals surface area contributed by atoms with Crippen LogP contribution in [0, 0.1) is 0 Å². The van der Waals surface area contributed by atoms with Gasteiger partial charge >= 0.3 is 0 Å². The Kier molecular flexibility index (Phi) is 4.03. The van der Waals surface area contributed by atoms with Crippen molar-refractivity contribution in [1.82, 2.24) is 15.5 Å². The second-order valence-electron chi connectivity index (χ2n) is 3.74. The van der Waals surface area contributed by atoms with Crippen molar-refractivity contribution in [1.29, 1.82) is 0 Å². The van der Waals surface area contributed by atoms with E-state index in [1.807, 2.05) is 0 Å². The van der Waals surface area contributed by atoms with Gasteiger partial charge in [0.1, 0.15) is 0 Å². The summed E-state index contributed by atoms with van der Waals surface area (Å²) >= 11 is 0. The van der Waals surface area contributed by atoms with Crippen molar-refractivity contribution in [2.45, 2.75) is 13.3 Å². The molecular formula is C11H15N3O3. The molecule has 0 unspecified atom stereocenters. The van der Waals surface area contributed by atoms with Gasteiger partial charge in [0.25, 0.3) is 11.8 Å². The first-order chi connectivity index (χ1) is 7.91. The second kappa shape index (κ2) is 5.29. The summed E-state index contributed by atoms with van der Waals surface area (Å²) < 4.78 is 0. The third kappa shape index (κ3) is 3.44. The fourth-order valence-electron chi connectivity index (χ4n) is 1.25. The Labute approximate surface area is 99.3 Å². The molecule has 1 saturated heterocycles. The summed E-state index contributed by atoms with van der Waals surface area (Å²) in [6, 6.07) is 0. The summed E-state index contributed by atoms with van der Waals surface area (Å²) in [7, 11) is 0. The highest BCUT2D eigenvalue weighted by Gasteiger charge is 2.23. The van der Waals surface area contributed by atoms with Crippen LogP contribution < -0.4 is 10.6 Å². The van der Waals surface area contributed by atoms with Gasteiger partial charge in [-0.3, -0.25) is 14.4 Å². The van der Waals surface area contributed by atoms with Crippen LogP contribution in [0.3, 0.4) is 0 Å². The fraction of sp³-hybridized carbons (Fsp3) is 0.364. The Morgan fingerprint density at radius 1 is 1.06 bits per heavy atom. The van der Waals surface area contributed by atoms with Crippen LogP contribution in [0.25, 0.3) is 0 Å². The van der Waals surface area contributed by atoms with E-state index in [0.717, 1.165) is 6.42 Å². The smallest absolute Gasteiger partial charge is 0.271 e. The number of nitrogens with one attached hydrogen (secondary N) is 2. The largest absolute Gasteiger partial charge is 0.337 e. The second-order valence-corrected chi connectivity index (χ2v) is 3.74. The maximum absolute atomic E-state index is 11.6. The first-order valence-corrected chi connectivity index (χ1v) is 5.18. The van der Waals surface area contributed by atoms with Crippen LogP contribution in [-0.2, 0) is 14.4 Å². The predicted octanol–water partition coefficient (Wildman–Crippen LogP) is -0.502.